The summed E-state index contributed by atoms with van der Waals surface area (Å²) in [5, 5.41) is 14.2. The zero-order valence-corrected chi connectivity index (χ0v) is 32.6. The van der Waals surface area contributed by atoms with Gasteiger partial charge in [0.1, 0.15) is 17.1 Å². The molecule has 61 heavy (non-hydrogen) atoms. The maximum absolute atomic E-state index is 6.50. The Hall–Kier alpha value is -8.56. The second-order valence-electron chi connectivity index (χ2n) is 14.9. The van der Waals surface area contributed by atoms with E-state index in [2.05, 4.69) is 123 Å². The Labute approximate surface area is 349 Å². The van der Waals surface area contributed by atoms with Gasteiger partial charge < -0.3 is 9.30 Å². The van der Waals surface area contributed by atoms with E-state index in [1.165, 1.54) is 16.2 Å². The molecule has 12 aromatic rings. The molecule has 6 aromatic carbocycles. The summed E-state index contributed by atoms with van der Waals surface area (Å²) in [4.78, 5) is 9.18. The van der Waals surface area contributed by atoms with E-state index in [1.807, 2.05) is 107 Å². The lowest BCUT2D eigenvalue weighted by molar-refractivity contribution is 0.482. The van der Waals surface area contributed by atoms with E-state index < -0.39 is 0 Å². The minimum absolute atomic E-state index is 0.696. The first kappa shape index (κ1) is 34.5. The second-order valence-corrected chi connectivity index (χ2v) is 14.9. The molecule has 0 amide bonds. The van der Waals surface area contributed by atoms with Crippen LogP contribution < -0.4 is 4.74 Å². The maximum atomic E-state index is 6.50. The van der Waals surface area contributed by atoms with Crippen molar-refractivity contribution >= 4 is 43.7 Å². The molecule has 9 nitrogen and oxygen atoms in total. The van der Waals surface area contributed by atoms with Gasteiger partial charge in [-0.15, -0.1) is 0 Å². The third-order valence-electron chi connectivity index (χ3n) is 11.4. The van der Waals surface area contributed by atoms with Crippen molar-refractivity contribution in [3.05, 3.63) is 207 Å². The molecule has 0 aliphatic rings. The van der Waals surface area contributed by atoms with Crippen LogP contribution in [-0.4, -0.2) is 38.7 Å². The van der Waals surface area contributed by atoms with Gasteiger partial charge in [-0.05, 0) is 91.0 Å². The summed E-state index contributed by atoms with van der Waals surface area (Å²) in [5.41, 5.74) is 12.2. The van der Waals surface area contributed by atoms with Crippen molar-refractivity contribution < 1.29 is 4.74 Å². The summed E-state index contributed by atoms with van der Waals surface area (Å²) in [6.07, 6.45) is 9.29. The average Bonchev–Trinajstić information content (AvgIpc) is 4.14. The molecule has 0 saturated heterocycles. The van der Waals surface area contributed by atoms with Gasteiger partial charge in [0.2, 0.25) is 0 Å². The molecule has 0 atom stereocenters. The largest absolute Gasteiger partial charge is 0.457 e. The molecule has 6 heterocycles. The van der Waals surface area contributed by atoms with Crippen LogP contribution in [0.15, 0.2) is 207 Å². The molecule has 9 heteroatoms. The fourth-order valence-corrected chi connectivity index (χ4v) is 8.67. The van der Waals surface area contributed by atoms with Gasteiger partial charge in [0.05, 0.1) is 57.9 Å². The second kappa shape index (κ2) is 14.1. The molecule has 0 spiro atoms. The predicted molar refractivity (Wildman–Crippen MR) is 242 cm³/mol. The summed E-state index contributed by atoms with van der Waals surface area (Å²) >= 11 is 0. The van der Waals surface area contributed by atoms with E-state index in [0.29, 0.717) is 11.5 Å². The number of aromatic nitrogens is 8. The highest BCUT2D eigenvalue weighted by atomic mass is 16.5. The lowest BCUT2D eigenvalue weighted by atomic mass is 10.1. The molecule has 0 fully saturated rings. The molecule has 6 aromatic heterocycles. The van der Waals surface area contributed by atoms with Crippen LogP contribution in [0.3, 0.4) is 0 Å². The Morgan fingerprint density at radius 2 is 0.918 bits per heavy atom. The molecular formula is C52H34N8O. The van der Waals surface area contributed by atoms with Crippen LogP contribution in [-0.2, 0) is 0 Å². The lowest BCUT2D eigenvalue weighted by Gasteiger charge is -2.13. The number of nitrogens with zero attached hydrogens (tertiary/aromatic N) is 8. The first-order valence-electron chi connectivity index (χ1n) is 20.1. The van der Waals surface area contributed by atoms with E-state index in [0.717, 1.165) is 72.8 Å². The number of rotatable bonds is 8. The van der Waals surface area contributed by atoms with E-state index in [1.54, 1.807) is 0 Å². The fraction of sp³-hybridized carbons (Fsp3) is 0. The quantitative estimate of drug-likeness (QED) is 0.153. The van der Waals surface area contributed by atoms with Gasteiger partial charge in [-0.25, -0.2) is 14.3 Å². The van der Waals surface area contributed by atoms with Crippen molar-refractivity contribution in [1.29, 1.82) is 0 Å². The summed E-state index contributed by atoms with van der Waals surface area (Å²) < 4.78 is 14.9. The third kappa shape index (κ3) is 5.78. The SMILES string of the molecule is c1cc(Oc2cccc(-n3nccc3-c3ccc(-n4c5ccccc5c5cccnc54)cc3)c2)cc(-n2nccc2-c2ccc(-n3c4ccccc4c4ccncc43)cc2)c1. The van der Waals surface area contributed by atoms with E-state index in [-0.39, 0.29) is 0 Å². The van der Waals surface area contributed by atoms with Gasteiger partial charge in [-0.2, -0.15) is 10.2 Å². The summed E-state index contributed by atoms with van der Waals surface area (Å²) in [6.45, 7) is 0. The minimum atomic E-state index is 0.696. The molecule has 0 radical (unpaired) electrons. The monoisotopic (exact) mass is 786 g/mol. The Morgan fingerprint density at radius 3 is 1.56 bits per heavy atom. The van der Waals surface area contributed by atoms with E-state index >= 15 is 0 Å². The third-order valence-corrected chi connectivity index (χ3v) is 11.4. The predicted octanol–water partition coefficient (Wildman–Crippen LogP) is 12.2. The number of hydrogen-bond acceptors (Lipinski definition) is 5. The van der Waals surface area contributed by atoms with E-state index in [4.69, 9.17) is 19.9 Å². The van der Waals surface area contributed by atoms with Gasteiger partial charge >= 0.3 is 0 Å². The number of para-hydroxylation sites is 2. The van der Waals surface area contributed by atoms with Gasteiger partial charge in [-0.3, -0.25) is 9.55 Å². The Balaban J connectivity index is 0.806. The Morgan fingerprint density at radius 1 is 0.377 bits per heavy atom. The van der Waals surface area contributed by atoms with Gasteiger partial charge in [0.15, 0.2) is 0 Å². The molecule has 288 valence electrons. The summed E-state index contributed by atoms with van der Waals surface area (Å²) in [7, 11) is 0. The molecule has 0 unspecified atom stereocenters. The van der Waals surface area contributed by atoms with Crippen LogP contribution in [0.5, 0.6) is 11.5 Å². The van der Waals surface area contributed by atoms with E-state index in [9.17, 15) is 0 Å². The number of hydrogen-bond donors (Lipinski definition) is 0. The van der Waals surface area contributed by atoms with Crippen LogP contribution in [0.2, 0.25) is 0 Å². The maximum Gasteiger partial charge on any atom is 0.145 e. The smallest absolute Gasteiger partial charge is 0.145 e. The number of fused-ring (bicyclic) bond motifs is 6. The van der Waals surface area contributed by atoms with Crippen LogP contribution in [0.1, 0.15) is 0 Å². The zero-order chi connectivity index (χ0) is 40.3. The molecule has 0 N–H and O–H groups in total. The summed E-state index contributed by atoms with van der Waals surface area (Å²) in [5.74, 6) is 1.39. The van der Waals surface area contributed by atoms with Gasteiger partial charge in [0, 0.05) is 68.6 Å². The van der Waals surface area contributed by atoms with Crippen LogP contribution >= 0.6 is 0 Å². The highest BCUT2D eigenvalue weighted by molar-refractivity contribution is 6.09. The van der Waals surface area contributed by atoms with Crippen molar-refractivity contribution in [3.8, 4) is 56.8 Å². The van der Waals surface area contributed by atoms with Crippen molar-refractivity contribution in [1.82, 2.24) is 38.7 Å². The first-order valence-corrected chi connectivity index (χ1v) is 20.1. The topological polar surface area (TPSA) is 80.5 Å². The molecule has 0 saturated carbocycles. The van der Waals surface area contributed by atoms with Gasteiger partial charge in [-0.1, -0.05) is 72.8 Å². The van der Waals surface area contributed by atoms with Gasteiger partial charge in [0.25, 0.3) is 0 Å². The molecule has 12 rings (SSSR count). The standard InChI is InChI=1S/C52H34N8O/c1-3-15-49-43(12-1)45-25-29-53-34-51(45)57(49)37-21-17-35(18-22-37)47-26-30-55-59(47)39-8-5-10-41(32-39)61-42-11-6-9-40(33-42)60-48(27-31-56-60)36-19-23-38(24-20-36)58-50-16-4-2-13-44(50)46-14-7-28-54-52(46)58/h1-34H. The molecule has 0 aliphatic heterocycles. The van der Waals surface area contributed by atoms with Crippen molar-refractivity contribution in [3.63, 3.8) is 0 Å². The molecule has 0 bridgehead atoms. The molecular weight excluding hydrogens is 753 g/mol. The van der Waals surface area contributed by atoms with Crippen molar-refractivity contribution in [2.45, 2.75) is 0 Å². The van der Waals surface area contributed by atoms with Crippen molar-refractivity contribution in [2.24, 2.45) is 0 Å². The minimum Gasteiger partial charge on any atom is -0.457 e. The van der Waals surface area contributed by atoms with Crippen LogP contribution in [0, 0.1) is 0 Å². The highest BCUT2D eigenvalue weighted by Gasteiger charge is 2.16. The highest BCUT2D eigenvalue weighted by Crippen LogP contribution is 2.35. The first-order chi connectivity index (χ1) is 30.2. The number of benzene rings is 6. The zero-order valence-electron chi connectivity index (χ0n) is 32.6. The fourth-order valence-electron chi connectivity index (χ4n) is 8.67. The van der Waals surface area contributed by atoms with Crippen molar-refractivity contribution in [2.75, 3.05) is 0 Å². The summed E-state index contributed by atoms with van der Waals surface area (Å²) in [6, 6.07) is 60.4. The molecule has 0 aliphatic carbocycles. The Kier molecular flexibility index (Phi) is 7.95. The normalized spacial score (nSPS) is 11.6. The van der Waals surface area contributed by atoms with Crippen LogP contribution in [0.4, 0.5) is 0 Å². The lowest BCUT2D eigenvalue weighted by Crippen LogP contribution is -2.01. The number of pyridine rings is 2. The van der Waals surface area contributed by atoms with Crippen LogP contribution in [0.25, 0.3) is 89.0 Å². The average molecular weight is 787 g/mol. The number of ether oxygens (including phenoxy) is 1. The Bertz CT molecular complexity index is 3230.